The maximum absolute atomic E-state index is 13.3. The second-order valence-electron chi connectivity index (χ2n) is 10.2. The molecule has 0 saturated heterocycles. The lowest BCUT2D eigenvalue weighted by Gasteiger charge is -2.26. The predicted octanol–water partition coefficient (Wildman–Crippen LogP) is 8.76. The van der Waals surface area contributed by atoms with Crippen LogP contribution in [-0.2, 0) is 17.6 Å². The Hall–Kier alpha value is -3.75. The van der Waals surface area contributed by atoms with Gasteiger partial charge in [-0.2, -0.15) is 0 Å². The van der Waals surface area contributed by atoms with E-state index in [4.69, 9.17) is 4.74 Å². The molecule has 4 aromatic rings. The van der Waals surface area contributed by atoms with E-state index in [-0.39, 0.29) is 18.3 Å². The maximum atomic E-state index is 13.3. The van der Waals surface area contributed by atoms with Crippen molar-refractivity contribution in [1.82, 2.24) is 0 Å². The monoisotopic (exact) mass is 500 g/mol. The molecular formula is C36H36O2. The van der Waals surface area contributed by atoms with Gasteiger partial charge in [0.1, 0.15) is 6.61 Å². The van der Waals surface area contributed by atoms with Crippen LogP contribution in [0.25, 0.3) is 22.9 Å². The number of hydrogen-bond donors (Lipinski definition) is 0. The molecule has 4 aromatic carbocycles. The van der Waals surface area contributed by atoms with Crippen LogP contribution in [0.2, 0.25) is 0 Å². The molecule has 1 aliphatic rings. The van der Waals surface area contributed by atoms with Gasteiger partial charge in [-0.1, -0.05) is 104 Å². The molecule has 1 atom stereocenters. The minimum atomic E-state index is 0.0914. The number of ketones is 1. The van der Waals surface area contributed by atoms with Crippen molar-refractivity contribution in [3.63, 3.8) is 0 Å². The SMILES string of the molecule is CCc1cc(C)cc(CC)c1C(=O)COCCC1C(=Cc2ccccc2)C=Cc2cc3ccccc3cc21. The van der Waals surface area contributed by atoms with E-state index in [0.29, 0.717) is 6.61 Å². The molecule has 192 valence electrons. The van der Waals surface area contributed by atoms with E-state index < -0.39 is 0 Å². The molecule has 2 heteroatoms. The fraction of sp³-hybridized carbons (Fsp3) is 0.250. The zero-order valence-electron chi connectivity index (χ0n) is 22.7. The average molecular weight is 501 g/mol. The summed E-state index contributed by atoms with van der Waals surface area (Å²) in [6.07, 6.45) is 9.26. The minimum absolute atomic E-state index is 0.0914. The van der Waals surface area contributed by atoms with E-state index in [1.165, 1.54) is 38.6 Å². The quantitative estimate of drug-likeness (QED) is 0.170. The third-order valence-electron chi connectivity index (χ3n) is 7.59. The van der Waals surface area contributed by atoms with Crippen LogP contribution < -0.4 is 0 Å². The topological polar surface area (TPSA) is 26.3 Å². The number of fused-ring (bicyclic) bond motifs is 2. The largest absolute Gasteiger partial charge is 0.373 e. The smallest absolute Gasteiger partial charge is 0.189 e. The van der Waals surface area contributed by atoms with Crippen molar-refractivity contribution in [2.45, 2.75) is 46.0 Å². The van der Waals surface area contributed by atoms with Crippen LogP contribution in [0.3, 0.4) is 0 Å². The Morgan fingerprint density at radius 1 is 0.842 bits per heavy atom. The summed E-state index contributed by atoms with van der Waals surface area (Å²) in [5, 5.41) is 2.50. The van der Waals surface area contributed by atoms with Gasteiger partial charge in [-0.3, -0.25) is 4.79 Å². The number of ether oxygens (including phenoxy) is 1. The summed E-state index contributed by atoms with van der Waals surface area (Å²) >= 11 is 0. The summed E-state index contributed by atoms with van der Waals surface area (Å²) in [6, 6.07) is 27.9. The van der Waals surface area contributed by atoms with Gasteiger partial charge in [0, 0.05) is 18.1 Å². The van der Waals surface area contributed by atoms with Crippen LogP contribution >= 0.6 is 0 Å². The minimum Gasteiger partial charge on any atom is -0.373 e. The first-order chi connectivity index (χ1) is 18.6. The Morgan fingerprint density at radius 3 is 2.18 bits per heavy atom. The Balaban J connectivity index is 1.37. The fourth-order valence-corrected chi connectivity index (χ4v) is 5.71. The molecule has 0 amide bonds. The van der Waals surface area contributed by atoms with Crippen LogP contribution in [0.15, 0.2) is 90.5 Å². The third-order valence-corrected chi connectivity index (χ3v) is 7.59. The average Bonchev–Trinajstić information content (AvgIpc) is 2.94. The predicted molar refractivity (Wildman–Crippen MR) is 160 cm³/mol. The van der Waals surface area contributed by atoms with Crippen LogP contribution in [0.1, 0.15) is 69.9 Å². The van der Waals surface area contributed by atoms with Crippen molar-refractivity contribution in [3.8, 4) is 0 Å². The molecule has 1 aliphatic carbocycles. The van der Waals surface area contributed by atoms with Gasteiger partial charge in [0.15, 0.2) is 5.78 Å². The summed E-state index contributed by atoms with van der Waals surface area (Å²) in [7, 11) is 0. The van der Waals surface area contributed by atoms with E-state index in [9.17, 15) is 4.79 Å². The molecule has 0 fully saturated rings. The van der Waals surface area contributed by atoms with Crippen LogP contribution in [-0.4, -0.2) is 19.0 Å². The van der Waals surface area contributed by atoms with E-state index >= 15 is 0 Å². The molecule has 1 unspecified atom stereocenters. The highest BCUT2D eigenvalue weighted by Crippen LogP contribution is 2.39. The highest BCUT2D eigenvalue weighted by molar-refractivity contribution is 6.00. The lowest BCUT2D eigenvalue weighted by Crippen LogP contribution is -2.16. The van der Waals surface area contributed by atoms with Crippen molar-refractivity contribution < 1.29 is 9.53 Å². The molecule has 0 spiro atoms. The van der Waals surface area contributed by atoms with Gasteiger partial charge in [-0.25, -0.2) is 0 Å². The van der Waals surface area contributed by atoms with E-state index in [1.807, 2.05) is 6.07 Å². The Kier molecular flexibility index (Phi) is 8.00. The molecule has 0 bridgehead atoms. The number of rotatable bonds is 9. The molecule has 0 saturated carbocycles. The standard InChI is InChI=1S/C36H36O2/c1-4-27-19-25(3)20-28(5-2)36(27)35(37)24-38-18-17-33-31(21-26-11-7-6-8-12-26)15-16-32-22-29-13-9-10-14-30(29)23-34(32)33/h6-16,19-23,33H,4-5,17-18,24H2,1-3H3. The van der Waals surface area contributed by atoms with Gasteiger partial charge in [0.25, 0.3) is 0 Å². The normalized spacial score (nSPS) is 15.7. The molecule has 38 heavy (non-hydrogen) atoms. The zero-order valence-corrected chi connectivity index (χ0v) is 22.7. The van der Waals surface area contributed by atoms with E-state index in [0.717, 1.165) is 36.0 Å². The summed E-state index contributed by atoms with van der Waals surface area (Å²) in [6.45, 7) is 6.98. The van der Waals surface area contributed by atoms with E-state index in [2.05, 4.69) is 112 Å². The molecule has 2 nitrogen and oxygen atoms in total. The van der Waals surface area contributed by atoms with Gasteiger partial charge in [-0.15, -0.1) is 0 Å². The summed E-state index contributed by atoms with van der Waals surface area (Å²) in [4.78, 5) is 13.3. The van der Waals surface area contributed by atoms with Crippen LogP contribution in [0, 0.1) is 6.92 Å². The molecule has 0 aliphatic heterocycles. The Bertz CT molecular complexity index is 1480. The lowest BCUT2D eigenvalue weighted by molar-refractivity contribution is 0.0748. The van der Waals surface area contributed by atoms with Gasteiger partial charge in [0.2, 0.25) is 0 Å². The van der Waals surface area contributed by atoms with Crippen molar-refractivity contribution in [2.24, 2.45) is 0 Å². The first-order valence-electron chi connectivity index (χ1n) is 13.8. The van der Waals surface area contributed by atoms with Gasteiger partial charge in [0.05, 0.1) is 0 Å². The zero-order chi connectivity index (χ0) is 26.5. The van der Waals surface area contributed by atoms with Crippen LogP contribution in [0.5, 0.6) is 0 Å². The molecule has 5 rings (SSSR count). The highest BCUT2D eigenvalue weighted by atomic mass is 16.5. The van der Waals surface area contributed by atoms with Gasteiger partial charge >= 0.3 is 0 Å². The van der Waals surface area contributed by atoms with Crippen LogP contribution in [0.4, 0.5) is 0 Å². The van der Waals surface area contributed by atoms with Gasteiger partial charge < -0.3 is 4.74 Å². The number of allylic oxidation sites excluding steroid dienone is 2. The van der Waals surface area contributed by atoms with Gasteiger partial charge in [-0.05, 0) is 82.5 Å². The lowest BCUT2D eigenvalue weighted by atomic mass is 9.79. The van der Waals surface area contributed by atoms with Crippen molar-refractivity contribution in [2.75, 3.05) is 13.2 Å². The second-order valence-corrected chi connectivity index (χ2v) is 10.2. The molecule has 0 radical (unpaired) electrons. The van der Waals surface area contributed by atoms with Crippen molar-refractivity contribution in [3.05, 3.63) is 129 Å². The number of hydrogen-bond acceptors (Lipinski definition) is 2. The number of aryl methyl sites for hydroxylation is 3. The van der Waals surface area contributed by atoms with E-state index in [1.54, 1.807) is 0 Å². The fourth-order valence-electron chi connectivity index (χ4n) is 5.71. The number of carbonyl (C=O) groups excluding carboxylic acids is 1. The number of carbonyl (C=O) groups is 1. The number of Topliss-reactive ketones (excluding diaryl/α,β-unsaturated/α-hetero) is 1. The second kappa shape index (κ2) is 11.8. The Labute approximate surface area is 226 Å². The molecule has 0 heterocycles. The molecule has 0 aromatic heterocycles. The molecular weight excluding hydrogens is 464 g/mol. The van der Waals surface area contributed by atoms with Crippen molar-refractivity contribution >= 4 is 28.7 Å². The summed E-state index contributed by atoms with van der Waals surface area (Å²) in [5.74, 6) is 0.292. The third kappa shape index (κ3) is 5.56. The maximum Gasteiger partial charge on any atom is 0.189 e. The summed E-state index contributed by atoms with van der Waals surface area (Å²) < 4.78 is 6.08. The summed E-state index contributed by atoms with van der Waals surface area (Å²) in [5.41, 5.74) is 9.37. The Morgan fingerprint density at radius 2 is 1.50 bits per heavy atom. The first-order valence-corrected chi connectivity index (χ1v) is 13.8. The first kappa shape index (κ1) is 25.9. The number of benzene rings is 4. The highest BCUT2D eigenvalue weighted by Gasteiger charge is 2.23. The molecule has 0 N–H and O–H groups in total. The van der Waals surface area contributed by atoms with Crippen molar-refractivity contribution in [1.29, 1.82) is 0 Å².